The van der Waals surface area contributed by atoms with Crippen molar-refractivity contribution in [3.63, 3.8) is 0 Å². The number of rotatable bonds is 8. The van der Waals surface area contributed by atoms with Gasteiger partial charge in [0, 0.05) is 13.0 Å². The van der Waals surface area contributed by atoms with E-state index >= 15 is 0 Å². The third-order valence-electron chi connectivity index (χ3n) is 4.43. The molecular formula is C19H27N3O3. The van der Waals surface area contributed by atoms with Crippen LogP contribution >= 0.6 is 0 Å². The fourth-order valence-corrected chi connectivity index (χ4v) is 2.86. The normalized spacial score (nSPS) is 18.4. The summed E-state index contributed by atoms with van der Waals surface area (Å²) in [7, 11) is 0. The molecule has 0 aromatic heterocycles. The fourth-order valence-electron chi connectivity index (χ4n) is 2.86. The van der Waals surface area contributed by atoms with Crippen molar-refractivity contribution in [1.29, 1.82) is 0 Å². The highest BCUT2D eigenvalue weighted by atomic mass is 16.2. The minimum absolute atomic E-state index is 0.0859. The second-order valence-corrected chi connectivity index (χ2v) is 6.87. The van der Waals surface area contributed by atoms with E-state index in [2.05, 4.69) is 24.5 Å². The molecular weight excluding hydrogens is 318 g/mol. The van der Waals surface area contributed by atoms with Crippen LogP contribution in [0.4, 0.5) is 4.79 Å². The van der Waals surface area contributed by atoms with Crippen LogP contribution in [0.5, 0.6) is 0 Å². The van der Waals surface area contributed by atoms with Gasteiger partial charge < -0.3 is 10.6 Å². The average Bonchev–Trinajstić information content (AvgIpc) is 2.86. The van der Waals surface area contributed by atoms with Gasteiger partial charge in [0.15, 0.2) is 0 Å². The van der Waals surface area contributed by atoms with E-state index in [9.17, 15) is 14.4 Å². The van der Waals surface area contributed by atoms with Gasteiger partial charge >= 0.3 is 6.03 Å². The first kappa shape index (κ1) is 19.0. The summed E-state index contributed by atoms with van der Waals surface area (Å²) in [6.45, 7) is 6.66. The fraction of sp³-hybridized carbons (Fsp3) is 0.526. The Morgan fingerprint density at radius 3 is 2.52 bits per heavy atom. The lowest BCUT2D eigenvalue weighted by Gasteiger charge is -2.21. The van der Waals surface area contributed by atoms with Gasteiger partial charge in [-0.3, -0.25) is 14.5 Å². The Hall–Kier alpha value is -2.37. The predicted molar refractivity (Wildman–Crippen MR) is 95.7 cm³/mol. The average molecular weight is 345 g/mol. The van der Waals surface area contributed by atoms with E-state index in [-0.39, 0.29) is 24.3 Å². The van der Waals surface area contributed by atoms with Gasteiger partial charge in [-0.05, 0) is 31.2 Å². The van der Waals surface area contributed by atoms with Crippen LogP contribution in [0.15, 0.2) is 30.3 Å². The summed E-state index contributed by atoms with van der Waals surface area (Å²) in [5.74, 6) is 0.178. The molecule has 6 nitrogen and oxygen atoms in total. The predicted octanol–water partition coefficient (Wildman–Crippen LogP) is 2.61. The number of nitrogens with zero attached hydrogens (tertiary/aromatic N) is 1. The molecule has 4 amide bonds. The zero-order chi connectivity index (χ0) is 18.4. The lowest BCUT2D eigenvalue weighted by atomic mass is 10.1. The molecule has 6 heteroatoms. The summed E-state index contributed by atoms with van der Waals surface area (Å²) < 4.78 is 0. The lowest BCUT2D eigenvalue weighted by molar-refractivity contribution is -0.129. The molecule has 1 heterocycles. The number of benzene rings is 1. The van der Waals surface area contributed by atoms with E-state index in [1.54, 1.807) is 0 Å². The van der Waals surface area contributed by atoms with Crippen LogP contribution in [-0.2, 0) is 9.59 Å². The van der Waals surface area contributed by atoms with Crippen molar-refractivity contribution in [2.75, 3.05) is 6.54 Å². The molecule has 0 spiro atoms. The molecule has 0 saturated carbocycles. The molecule has 0 aliphatic carbocycles. The van der Waals surface area contributed by atoms with Crippen LogP contribution in [0, 0.1) is 5.92 Å². The molecule has 2 atom stereocenters. The highest BCUT2D eigenvalue weighted by Crippen LogP contribution is 2.25. The Labute approximate surface area is 149 Å². The van der Waals surface area contributed by atoms with Crippen molar-refractivity contribution in [1.82, 2.24) is 15.5 Å². The maximum atomic E-state index is 12.6. The van der Waals surface area contributed by atoms with E-state index in [1.807, 2.05) is 37.3 Å². The van der Waals surface area contributed by atoms with Crippen LogP contribution in [0.25, 0.3) is 0 Å². The van der Waals surface area contributed by atoms with Crippen molar-refractivity contribution in [2.24, 2.45) is 5.92 Å². The second kappa shape index (κ2) is 8.65. The Morgan fingerprint density at radius 1 is 1.20 bits per heavy atom. The summed E-state index contributed by atoms with van der Waals surface area (Å²) >= 11 is 0. The molecule has 0 bridgehead atoms. The van der Waals surface area contributed by atoms with Gasteiger partial charge in [-0.25, -0.2) is 4.79 Å². The van der Waals surface area contributed by atoms with Crippen molar-refractivity contribution in [2.45, 2.75) is 52.1 Å². The van der Waals surface area contributed by atoms with Crippen LogP contribution < -0.4 is 10.6 Å². The summed E-state index contributed by atoms with van der Waals surface area (Å²) in [5.41, 5.74) is 0.901. The molecule has 1 aliphatic rings. The van der Waals surface area contributed by atoms with Crippen LogP contribution in [0.3, 0.4) is 0 Å². The summed E-state index contributed by atoms with van der Waals surface area (Å²) in [4.78, 5) is 37.9. The van der Waals surface area contributed by atoms with Crippen molar-refractivity contribution >= 4 is 17.8 Å². The van der Waals surface area contributed by atoms with Gasteiger partial charge in [0.25, 0.3) is 5.91 Å². The van der Waals surface area contributed by atoms with Crippen molar-refractivity contribution < 1.29 is 14.4 Å². The largest absolute Gasteiger partial charge is 0.356 e. The summed E-state index contributed by atoms with van der Waals surface area (Å²) in [6.07, 6.45) is 1.46. The van der Waals surface area contributed by atoms with Crippen LogP contribution in [0.2, 0.25) is 0 Å². The van der Waals surface area contributed by atoms with E-state index in [4.69, 9.17) is 0 Å². The zero-order valence-electron chi connectivity index (χ0n) is 15.1. The van der Waals surface area contributed by atoms with Crippen molar-refractivity contribution in [3.8, 4) is 0 Å². The topological polar surface area (TPSA) is 78.5 Å². The quantitative estimate of drug-likeness (QED) is 0.711. The second-order valence-electron chi connectivity index (χ2n) is 6.87. The molecule has 25 heavy (non-hydrogen) atoms. The van der Waals surface area contributed by atoms with Gasteiger partial charge in [0.2, 0.25) is 5.91 Å². The minimum atomic E-state index is -0.630. The first-order valence-corrected chi connectivity index (χ1v) is 8.85. The van der Waals surface area contributed by atoms with Gasteiger partial charge in [-0.1, -0.05) is 44.2 Å². The Bertz CT molecular complexity index is 616. The molecule has 1 aliphatic heterocycles. The molecule has 1 fully saturated rings. The Morgan fingerprint density at radius 2 is 1.88 bits per heavy atom. The number of nitrogens with one attached hydrogen (secondary N) is 2. The maximum absolute atomic E-state index is 12.6. The molecule has 1 aromatic rings. The number of carbonyl (C=O) groups is 3. The van der Waals surface area contributed by atoms with Gasteiger partial charge in [0.05, 0.1) is 6.04 Å². The highest BCUT2D eigenvalue weighted by Gasteiger charge is 2.40. The van der Waals surface area contributed by atoms with E-state index in [0.717, 1.165) is 12.0 Å². The smallest absolute Gasteiger partial charge is 0.325 e. The highest BCUT2D eigenvalue weighted by molar-refractivity contribution is 6.04. The van der Waals surface area contributed by atoms with Gasteiger partial charge in [-0.15, -0.1) is 0 Å². The van der Waals surface area contributed by atoms with E-state index < -0.39 is 12.1 Å². The maximum Gasteiger partial charge on any atom is 0.325 e. The molecule has 1 aromatic carbocycles. The molecule has 136 valence electrons. The van der Waals surface area contributed by atoms with E-state index in [0.29, 0.717) is 18.9 Å². The number of urea groups is 1. The van der Waals surface area contributed by atoms with Gasteiger partial charge in [-0.2, -0.15) is 0 Å². The number of hydrogen-bond acceptors (Lipinski definition) is 3. The molecule has 0 unspecified atom stereocenters. The van der Waals surface area contributed by atoms with Crippen LogP contribution in [0.1, 0.15) is 51.6 Å². The molecule has 2 rings (SSSR count). The standard InChI is InChI=1S/C19H27N3O3/c1-13(2)11-12-20-17(23)10-9-16-18(24)22(19(25)21-16)14(3)15-7-5-4-6-8-15/h4-8,13-14,16H,9-12H2,1-3H3,(H,20,23)(H,21,25)/t14-,16-/m1/s1. The Kier molecular flexibility index (Phi) is 6.56. The van der Waals surface area contributed by atoms with Gasteiger partial charge in [0.1, 0.15) is 6.04 Å². The summed E-state index contributed by atoms with van der Waals surface area (Å²) in [5, 5.41) is 5.54. The Balaban J connectivity index is 1.87. The molecule has 1 saturated heterocycles. The number of imide groups is 1. The number of hydrogen-bond donors (Lipinski definition) is 2. The monoisotopic (exact) mass is 345 g/mol. The lowest BCUT2D eigenvalue weighted by Crippen LogP contribution is -2.34. The third-order valence-corrected chi connectivity index (χ3v) is 4.43. The number of amides is 4. The van der Waals surface area contributed by atoms with E-state index in [1.165, 1.54) is 4.90 Å². The van der Waals surface area contributed by atoms with Crippen LogP contribution in [-0.4, -0.2) is 35.3 Å². The molecule has 0 radical (unpaired) electrons. The number of carbonyl (C=O) groups excluding carboxylic acids is 3. The summed E-state index contributed by atoms with van der Waals surface area (Å²) in [6, 6.07) is 8.07. The molecule has 2 N–H and O–H groups in total. The first-order valence-electron chi connectivity index (χ1n) is 8.85. The zero-order valence-corrected chi connectivity index (χ0v) is 15.1. The third kappa shape index (κ3) is 5.05. The first-order chi connectivity index (χ1) is 11.9. The SMILES string of the molecule is CC(C)CCNC(=O)CC[C@H]1NC(=O)N([C@H](C)c2ccccc2)C1=O. The minimum Gasteiger partial charge on any atom is -0.356 e. The van der Waals surface area contributed by atoms with Crippen molar-refractivity contribution in [3.05, 3.63) is 35.9 Å².